The lowest BCUT2D eigenvalue weighted by Gasteiger charge is -2.16. The molecule has 0 aliphatic heterocycles. The predicted molar refractivity (Wildman–Crippen MR) is 85.0 cm³/mol. The van der Waals surface area contributed by atoms with E-state index in [9.17, 15) is 4.57 Å². The standard InChI is InChI=1S/C16H26O4P/c1-3-19-21(17,20-4-2)15-11-6-5-10-14-18-16-12-8-7-9-13-16/h7-9,12H,3-6,10-11,14-15H2,1-2H3. The van der Waals surface area contributed by atoms with Crippen LogP contribution in [-0.4, -0.2) is 26.0 Å². The summed E-state index contributed by atoms with van der Waals surface area (Å²) in [6, 6.07) is 10.6. The highest BCUT2D eigenvalue weighted by atomic mass is 31.2. The first-order valence-electron chi connectivity index (χ1n) is 7.68. The van der Waals surface area contributed by atoms with Crippen molar-refractivity contribution in [2.75, 3.05) is 26.0 Å². The maximum absolute atomic E-state index is 12.2. The molecule has 0 fully saturated rings. The van der Waals surface area contributed by atoms with Crippen LogP contribution in [-0.2, 0) is 13.6 Å². The third-order valence-corrected chi connectivity index (χ3v) is 5.08. The zero-order valence-electron chi connectivity index (χ0n) is 13.0. The van der Waals surface area contributed by atoms with Crippen molar-refractivity contribution in [3.8, 4) is 5.75 Å². The fourth-order valence-corrected chi connectivity index (χ4v) is 3.70. The molecular formula is C16H26O4P. The lowest BCUT2D eigenvalue weighted by atomic mass is 10.2. The van der Waals surface area contributed by atoms with E-state index in [-0.39, 0.29) is 0 Å². The first kappa shape index (κ1) is 18.2. The Hall–Kier alpha value is -0.830. The quantitative estimate of drug-likeness (QED) is 0.415. The normalized spacial score (nSPS) is 11.5. The minimum atomic E-state index is -2.86. The number of hydrogen-bond acceptors (Lipinski definition) is 4. The average molecular weight is 313 g/mol. The van der Waals surface area contributed by atoms with Gasteiger partial charge in [0.1, 0.15) is 5.75 Å². The van der Waals surface area contributed by atoms with Gasteiger partial charge >= 0.3 is 7.60 Å². The summed E-state index contributed by atoms with van der Waals surface area (Å²) in [5, 5.41) is 0. The zero-order valence-corrected chi connectivity index (χ0v) is 13.9. The van der Waals surface area contributed by atoms with E-state index >= 15 is 0 Å². The Morgan fingerprint density at radius 1 is 1.05 bits per heavy atom. The van der Waals surface area contributed by atoms with E-state index in [0.29, 0.717) is 26.0 Å². The highest BCUT2D eigenvalue weighted by molar-refractivity contribution is 7.53. The molecule has 0 saturated carbocycles. The lowest BCUT2D eigenvalue weighted by Crippen LogP contribution is -2.01. The summed E-state index contributed by atoms with van der Waals surface area (Å²) in [7, 11) is -2.86. The summed E-state index contributed by atoms with van der Waals surface area (Å²) < 4.78 is 28.3. The van der Waals surface area contributed by atoms with Gasteiger partial charge in [-0.05, 0) is 32.8 Å². The topological polar surface area (TPSA) is 44.8 Å². The molecule has 119 valence electrons. The lowest BCUT2D eigenvalue weighted by molar-refractivity contribution is 0.219. The molecule has 0 unspecified atom stereocenters. The Bertz CT molecular complexity index is 398. The molecule has 0 N–H and O–H groups in total. The maximum atomic E-state index is 12.2. The Balaban J connectivity index is 2.07. The molecule has 1 aromatic rings. The van der Waals surface area contributed by atoms with Crippen LogP contribution < -0.4 is 4.74 Å². The van der Waals surface area contributed by atoms with Crippen molar-refractivity contribution in [3.63, 3.8) is 0 Å². The second-order valence-electron chi connectivity index (χ2n) is 4.66. The van der Waals surface area contributed by atoms with Crippen molar-refractivity contribution in [1.82, 2.24) is 0 Å². The predicted octanol–water partition coefficient (Wildman–Crippen LogP) is 4.69. The molecule has 4 nitrogen and oxygen atoms in total. The molecule has 0 aliphatic carbocycles. The van der Waals surface area contributed by atoms with E-state index in [2.05, 4.69) is 6.07 Å². The number of benzene rings is 1. The van der Waals surface area contributed by atoms with E-state index in [1.165, 1.54) is 0 Å². The highest BCUT2D eigenvalue weighted by Crippen LogP contribution is 2.48. The molecule has 21 heavy (non-hydrogen) atoms. The zero-order chi connectivity index (χ0) is 15.4. The molecule has 0 atom stereocenters. The summed E-state index contributed by atoms with van der Waals surface area (Å²) in [4.78, 5) is 0. The first-order valence-corrected chi connectivity index (χ1v) is 9.40. The van der Waals surface area contributed by atoms with E-state index < -0.39 is 7.60 Å². The monoisotopic (exact) mass is 313 g/mol. The van der Waals surface area contributed by atoms with Crippen LogP contribution in [0.5, 0.6) is 5.75 Å². The Labute approximate surface area is 128 Å². The third-order valence-electron chi connectivity index (χ3n) is 2.92. The first-order chi connectivity index (χ1) is 10.2. The summed E-state index contributed by atoms with van der Waals surface area (Å²) in [6.07, 6.45) is 4.39. The van der Waals surface area contributed by atoms with Crippen molar-refractivity contribution in [2.24, 2.45) is 0 Å². The molecule has 0 bridgehead atoms. The van der Waals surface area contributed by atoms with Crippen molar-refractivity contribution in [2.45, 2.75) is 39.5 Å². The maximum Gasteiger partial charge on any atom is 0.330 e. The molecule has 1 rings (SSSR count). The summed E-state index contributed by atoms with van der Waals surface area (Å²) in [6.45, 7) is 5.22. The number of para-hydroxylation sites is 1. The van der Waals surface area contributed by atoms with E-state index in [4.69, 9.17) is 13.8 Å². The van der Waals surface area contributed by atoms with Gasteiger partial charge in [0.15, 0.2) is 0 Å². The molecule has 0 amide bonds. The molecular weight excluding hydrogens is 287 g/mol. The van der Waals surface area contributed by atoms with Crippen molar-refractivity contribution >= 4 is 7.60 Å². The van der Waals surface area contributed by atoms with Gasteiger partial charge < -0.3 is 13.8 Å². The SMILES string of the molecule is CCOP(=O)(CCCCCCOc1[c]cccc1)OCC. The number of unbranched alkanes of at least 4 members (excludes halogenated alkanes) is 3. The third kappa shape index (κ3) is 8.25. The minimum absolute atomic E-state index is 0.429. The smallest absolute Gasteiger partial charge is 0.330 e. The highest BCUT2D eigenvalue weighted by Gasteiger charge is 2.22. The van der Waals surface area contributed by atoms with Crippen LogP contribution in [0.3, 0.4) is 0 Å². The number of hydrogen-bond donors (Lipinski definition) is 0. The summed E-state index contributed by atoms with van der Waals surface area (Å²) in [5.41, 5.74) is 0. The molecule has 0 aromatic heterocycles. The minimum Gasteiger partial charge on any atom is -0.493 e. The van der Waals surface area contributed by atoms with E-state index in [0.717, 1.165) is 31.4 Å². The average Bonchev–Trinajstić information content (AvgIpc) is 2.48. The number of ether oxygens (including phenoxy) is 1. The van der Waals surface area contributed by atoms with Gasteiger partial charge in [0, 0.05) is 6.07 Å². The van der Waals surface area contributed by atoms with E-state index in [1.807, 2.05) is 38.1 Å². The molecule has 0 heterocycles. The van der Waals surface area contributed by atoms with E-state index in [1.54, 1.807) is 0 Å². The van der Waals surface area contributed by atoms with Gasteiger partial charge in [0.25, 0.3) is 0 Å². The van der Waals surface area contributed by atoms with Crippen molar-refractivity contribution in [1.29, 1.82) is 0 Å². The van der Waals surface area contributed by atoms with Gasteiger partial charge in [-0.25, -0.2) is 0 Å². The fourth-order valence-electron chi connectivity index (χ4n) is 1.97. The van der Waals surface area contributed by atoms with Crippen LogP contribution in [0.15, 0.2) is 24.3 Å². The second-order valence-corrected chi connectivity index (χ2v) is 6.84. The fraction of sp³-hybridized carbons (Fsp3) is 0.625. The molecule has 1 aromatic carbocycles. The largest absolute Gasteiger partial charge is 0.493 e. The van der Waals surface area contributed by atoms with Crippen LogP contribution >= 0.6 is 7.60 Å². The van der Waals surface area contributed by atoms with Crippen molar-refractivity contribution in [3.05, 3.63) is 30.3 Å². The van der Waals surface area contributed by atoms with Crippen LogP contribution in [0.4, 0.5) is 0 Å². The summed E-state index contributed by atoms with van der Waals surface area (Å²) in [5.74, 6) is 0.787. The Morgan fingerprint density at radius 2 is 1.76 bits per heavy atom. The van der Waals surface area contributed by atoms with Crippen molar-refractivity contribution < 1.29 is 18.3 Å². The molecule has 5 heteroatoms. The van der Waals surface area contributed by atoms with Crippen LogP contribution in [0, 0.1) is 6.07 Å². The molecule has 1 radical (unpaired) electrons. The second kappa shape index (κ2) is 10.8. The number of rotatable bonds is 12. The molecule has 0 saturated heterocycles. The Morgan fingerprint density at radius 3 is 2.38 bits per heavy atom. The van der Waals surface area contributed by atoms with Gasteiger partial charge in [-0.15, -0.1) is 0 Å². The van der Waals surface area contributed by atoms with Crippen LogP contribution in [0.25, 0.3) is 0 Å². The van der Waals surface area contributed by atoms with Crippen LogP contribution in [0.1, 0.15) is 39.5 Å². The summed E-state index contributed by atoms with van der Waals surface area (Å²) >= 11 is 0. The molecule has 0 aliphatic rings. The van der Waals surface area contributed by atoms with Gasteiger partial charge in [0.2, 0.25) is 0 Å². The molecule has 0 spiro atoms. The van der Waals surface area contributed by atoms with Gasteiger partial charge in [-0.1, -0.05) is 31.0 Å². The van der Waals surface area contributed by atoms with Gasteiger partial charge in [-0.3, -0.25) is 4.57 Å². The van der Waals surface area contributed by atoms with Gasteiger partial charge in [-0.2, -0.15) is 0 Å². The Kier molecular flexibility index (Phi) is 9.40. The van der Waals surface area contributed by atoms with Gasteiger partial charge in [0.05, 0.1) is 26.0 Å². The van der Waals surface area contributed by atoms with Crippen LogP contribution in [0.2, 0.25) is 0 Å².